The normalized spacial score (nSPS) is 10.6. The standard InChI is InChI=1S/C16H16N4O2/c1-21-13-7-11-12(8-14(13)22-2)19-16(20-15(11)18)9-4-3-5-10(17)6-9/h3-8H,17H2,1-2H3,(H2,18,19,20). The molecule has 0 radical (unpaired) electrons. The van der Waals surface area contributed by atoms with Gasteiger partial charge in [0.05, 0.1) is 19.7 Å². The fraction of sp³-hybridized carbons (Fsp3) is 0.125. The number of nitrogens with two attached hydrogens (primary N) is 2. The number of ether oxygens (including phenoxy) is 2. The summed E-state index contributed by atoms with van der Waals surface area (Å²) in [5, 5.41) is 0.713. The Kier molecular flexibility index (Phi) is 3.42. The number of hydrogen-bond acceptors (Lipinski definition) is 6. The van der Waals surface area contributed by atoms with E-state index in [2.05, 4.69) is 9.97 Å². The first-order chi connectivity index (χ1) is 10.6. The van der Waals surface area contributed by atoms with Crippen LogP contribution in [0.15, 0.2) is 36.4 Å². The summed E-state index contributed by atoms with van der Waals surface area (Å²) in [6, 6.07) is 10.9. The van der Waals surface area contributed by atoms with Crippen LogP contribution in [0.3, 0.4) is 0 Å². The van der Waals surface area contributed by atoms with E-state index in [1.807, 2.05) is 18.2 Å². The van der Waals surface area contributed by atoms with Crippen molar-refractivity contribution in [2.45, 2.75) is 0 Å². The second-order valence-electron chi connectivity index (χ2n) is 4.78. The summed E-state index contributed by atoms with van der Waals surface area (Å²) in [5.41, 5.74) is 14.0. The van der Waals surface area contributed by atoms with Gasteiger partial charge in [-0.15, -0.1) is 0 Å². The lowest BCUT2D eigenvalue weighted by molar-refractivity contribution is 0.356. The van der Waals surface area contributed by atoms with Gasteiger partial charge in [-0.05, 0) is 18.2 Å². The molecule has 6 nitrogen and oxygen atoms in total. The van der Waals surface area contributed by atoms with Crippen molar-refractivity contribution in [3.05, 3.63) is 36.4 Å². The summed E-state index contributed by atoms with van der Waals surface area (Å²) < 4.78 is 10.6. The first-order valence-corrected chi connectivity index (χ1v) is 6.67. The predicted molar refractivity (Wildman–Crippen MR) is 86.9 cm³/mol. The van der Waals surface area contributed by atoms with Crippen LogP contribution in [0.4, 0.5) is 11.5 Å². The van der Waals surface area contributed by atoms with E-state index in [0.717, 1.165) is 5.56 Å². The van der Waals surface area contributed by atoms with Crippen LogP contribution in [0.1, 0.15) is 0 Å². The lowest BCUT2D eigenvalue weighted by Gasteiger charge is -2.11. The number of fused-ring (bicyclic) bond motifs is 1. The number of nitrogens with zero attached hydrogens (tertiary/aromatic N) is 2. The van der Waals surface area contributed by atoms with E-state index >= 15 is 0 Å². The molecule has 6 heteroatoms. The summed E-state index contributed by atoms with van der Waals surface area (Å²) in [6.07, 6.45) is 0. The molecule has 0 atom stereocenters. The molecular formula is C16H16N4O2. The Bertz CT molecular complexity index is 849. The van der Waals surface area contributed by atoms with Crippen molar-refractivity contribution in [1.29, 1.82) is 0 Å². The number of aromatic nitrogens is 2. The van der Waals surface area contributed by atoms with Gasteiger partial charge in [0.25, 0.3) is 0 Å². The van der Waals surface area contributed by atoms with Crippen LogP contribution in [0.5, 0.6) is 11.5 Å². The topological polar surface area (TPSA) is 96.3 Å². The highest BCUT2D eigenvalue weighted by atomic mass is 16.5. The Balaban J connectivity index is 2.23. The van der Waals surface area contributed by atoms with Gasteiger partial charge in [-0.1, -0.05) is 12.1 Å². The van der Waals surface area contributed by atoms with Crippen LogP contribution in [-0.4, -0.2) is 24.2 Å². The largest absolute Gasteiger partial charge is 0.493 e. The number of hydrogen-bond donors (Lipinski definition) is 2. The van der Waals surface area contributed by atoms with Crippen molar-refractivity contribution < 1.29 is 9.47 Å². The van der Waals surface area contributed by atoms with Crippen molar-refractivity contribution in [1.82, 2.24) is 9.97 Å². The molecule has 0 saturated carbocycles. The summed E-state index contributed by atoms with van der Waals surface area (Å²) in [5.74, 6) is 2.07. The Morgan fingerprint density at radius 2 is 1.64 bits per heavy atom. The molecule has 0 fully saturated rings. The zero-order valence-corrected chi connectivity index (χ0v) is 12.3. The third-order valence-corrected chi connectivity index (χ3v) is 3.38. The van der Waals surface area contributed by atoms with Gasteiger partial charge in [0.15, 0.2) is 17.3 Å². The first kappa shape index (κ1) is 13.9. The molecule has 0 bridgehead atoms. The van der Waals surface area contributed by atoms with Gasteiger partial charge in [-0.2, -0.15) is 0 Å². The number of anilines is 2. The molecule has 0 aliphatic rings. The third kappa shape index (κ3) is 2.35. The van der Waals surface area contributed by atoms with Crippen LogP contribution in [0, 0.1) is 0 Å². The van der Waals surface area contributed by atoms with Crippen LogP contribution in [-0.2, 0) is 0 Å². The molecule has 1 heterocycles. The summed E-state index contributed by atoms with van der Waals surface area (Å²) in [7, 11) is 3.15. The highest BCUT2D eigenvalue weighted by molar-refractivity contribution is 5.92. The van der Waals surface area contributed by atoms with Crippen LogP contribution in [0.25, 0.3) is 22.3 Å². The lowest BCUT2D eigenvalue weighted by Crippen LogP contribution is -2.00. The smallest absolute Gasteiger partial charge is 0.162 e. The number of methoxy groups -OCH3 is 2. The maximum Gasteiger partial charge on any atom is 0.162 e. The molecular weight excluding hydrogens is 280 g/mol. The fourth-order valence-electron chi connectivity index (χ4n) is 2.29. The highest BCUT2D eigenvalue weighted by Gasteiger charge is 2.12. The molecule has 3 rings (SSSR count). The average Bonchev–Trinajstić information content (AvgIpc) is 2.53. The van der Waals surface area contributed by atoms with E-state index in [0.29, 0.717) is 39.7 Å². The lowest BCUT2D eigenvalue weighted by atomic mass is 10.1. The first-order valence-electron chi connectivity index (χ1n) is 6.67. The molecule has 1 aromatic heterocycles. The van der Waals surface area contributed by atoms with E-state index < -0.39 is 0 Å². The number of nitrogen functional groups attached to an aromatic ring is 2. The monoisotopic (exact) mass is 296 g/mol. The second kappa shape index (κ2) is 5.40. The SMILES string of the molecule is COc1cc2nc(-c3cccc(N)c3)nc(N)c2cc1OC. The van der Waals surface area contributed by atoms with Gasteiger partial charge in [0.1, 0.15) is 5.82 Å². The van der Waals surface area contributed by atoms with E-state index in [9.17, 15) is 0 Å². The van der Waals surface area contributed by atoms with Crippen LogP contribution >= 0.6 is 0 Å². The quantitative estimate of drug-likeness (QED) is 0.721. The van der Waals surface area contributed by atoms with Crippen molar-refractivity contribution in [2.75, 3.05) is 25.7 Å². The molecule has 4 N–H and O–H groups in total. The molecule has 3 aromatic rings. The zero-order valence-electron chi connectivity index (χ0n) is 12.3. The fourth-order valence-corrected chi connectivity index (χ4v) is 2.29. The van der Waals surface area contributed by atoms with Gasteiger partial charge in [-0.25, -0.2) is 9.97 Å². The molecule has 0 amide bonds. The van der Waals surface area contributed by atoms with Crippen molar-refractivity contribution in [3.63, 3.8) is 0 Å². The zero-order chi connectivity index (χ0) is 15.7. The van der Waals surface area contributed by atoms with Gasteiger partial charge in [0.2, 0.25) is 0 Å². The number of rotatable bonds is 3. The Morgan fingerprint density at radius 1 is 0.909 bits per heavy atom. The maximum absolute atomic E-state index is 6.07. The van der Waals surface area contributed by atoms with Gasteiger partial charge < -0.3 is 20.9 Å². The van der Waals surface area contributed by atoms with Gasteiger partial charge >= 0.3 is 0 Å². The van der Waals surface area contributed by atoms with Crippen molar-refractivity contribution >= 4 is 22.4 Å². The minimum atomic E-state index is 0.378. The second-order valence-corrected chi connectivity index (χ2v) is 4.78. The van der Waals surface area contributed by atoms with Gasteiger partial charge in [-0.3, -0.25) is 0 Å². The average molecular weight is 296 g/mol. The summed E-state index contributed by atoms with van der Waals surface area (Å²) >= 11 is 0. The molecule has 0 saturated heterocycles. The van der Waals surface area contributed by atoms with E-state index in [1.165, 1.54) is 0 Å². The van der Waals surface area contributed by atoms with E-state index in [-0.39, 0.29) is 0 Å². The van der Waals surface area contributed by atoms with E-state index in [1.54, 1.807) is 32.4 Å². The van der Waals surface area contributed by atoms with E-state index in [4.69, 9.17) is 20.9 Å². The molecule has 0 unspecified atom stereocenters. The van der Waals surface area contributed by atoms with Crippen molar-refractivity contribution in [3.8, 4) is 22.9 Å². The number of benzene rings is 2. The predicted octanol–water partition coefficient (Wildman–Crippen LogP) is 2.48. The molecule has 2 aromatic carbocycles. The Labute approximate surface area is 127 Å². The van der Waals surface area contributed by atoms with Crippen molar-refractivity contribution in [2.24, 2.45) is 0 Å². The minimum absolute atomic E-state index is 0.378. The summed E-state index contributed by atoms with van der Waals surface area (Å²) in [6.45, 7) is 0. The minimum Gasteiger partial charge on any atom is -0.493 e. The van der Waals surface area contributed by atoms with Gasteiger partial charge in [0, 0.05) is 22.7 Å². The molecule has 112 valence electrons. The molecule has 0 aliphatic heterocycles. The molecule has 0 spiro atoms. The highest BCUT2D eigenvalue weighted by Crippen LogP contribution is 2.34. The third-order valence-electron chi connectivity index (χ3n) is 3.38. The Morgan fingerprint density at radius 3 is 2.32 bits per heavy atom. The molecule has 0 aliphatic carbocycles. The molecule has 22 heavy (non-hydrogen) atoms. The Hall–Kier alpha value is -3.02. The summed E-state index contributed by atoms with van der Waals surface area (Å²) in [4.78, 5) is 8.91. The maximum atomic E-state index is 6.07. The van der Waals surface area contributed by atoms with Crippen LogP contribution < -0.4 is 20.9 Å². The van der Waals surface area contributed by atoms with Crippen LogP contribution in [0.2, 0.25) is 0 Å².